The number of hydrogen-bond acceptors (Lipinski definition) is 1. The van der Waals surface area contributed by atoms with Crippen molar-refractivity contribution >= 4 is 22.5 Å². The van der Waals surface area contributed by atoms with E-state index in [9.17, 15) is 0 Å². The summed E-state index contributed by atoms with van der Waals surface area (Å²) >= 11 is 6.02. The summed E-state index contributed by atoms with van der Waals surface area (Å²) in [5, 5.41) is 8.59. The predicted molar refractivity (Wildman–Crippen MR) is 60.9 cm³/mol. The van der Waals surface area contributed by atoms with Gasteiger partial charge in [0.15, 0.2) is 0 Å². The van der Waals surface area contributed by atoms with Crippen LogP contribution in [-0.2, 0) is 0 Å². The third kappa shape index (κ3) is 1.24. The van der Waals surface area contributed by atoms with E-state index in [0.29, 0.717) is 5.02 Å². The molecule has 0 aliphatic heterocycles. The maximum Gasteiger partial charge on any atom is 0.0863 e. The number of benzene rings is 1. The van der Waals surface area contributed by atoms with Crippen molar-refractivity contribution in [1.29, 1.82) is 0 Å². The van der Waals surface area contributed by atoms with Crippen molar-refractivity contribution in [2.75, 3.05) is 0 Å². The van der Waals surface area contributed by atoms with Gasteiger partial charge in [0.05, 0.1) is 16.9 Å². The molecule has 0 radical (unpaired) electrons. The van der Waals surface area contributed by atoms with Crippen molar-refractivity contribution in [3.05, 3.63) is 41.7 Å². The first kappa shape index (κ1) is 8.56. The van der Waals surface area contributed by atoms with Gasteiger partial charge in [-0.05, 0) is 6.07 Å². The van der Waals surface area contributed by atoms with Crippen LogP contribution >= 0.6 is 11.6 Å². The van der Waals surface area contributed by atoms with E-state index < -0.39 is 0 Å². The standard InChI is InChI=1S/C11H8ClN3/c12-9-6-14-15-11(9)8-5-13-10-4-2-1-3-7(8)10/h1-6,13H,(H,14,15). The zero-order chi connectivity index (χ0) is 10.3. The number of para-hydroxylation sites is 1. The number of H-pyrrole nitrogens is 2. The van der Waals surface area contributed by atoms with Crippen molar-refractivity contribution in [2.24, 2.45) is 0 Å². The Kier molecular flexibility index (Phi) is 1.79. The Morgan fingerprint density at radius 1 is 1.20 bits per heavy atom. The van der Waals surface area contributed by atoms with Crippen molar-refractivity contribution in [3.8, 4) is 11.3 Å². The number of nitrogens with one attached hydrogen (secondary N) is 2. The van der Waals surface area contributed by atoms with Gasteiger partial charge in [-0.1, -0.05) is 29.8 Å². The van der Waals surface area contributed by atoms with Crippen molar-refractivity contribution in [1.82, 2.24) is 15.2 Å². The Balaban J connectivity index is 2.32. The fourth-order valence-corrected chi connectivity index (χ4v) is 1.93. The molecule has 74 valence electrons. The molecule has 0 unspecified atom stereocenters. The first-order valence-corrected chi connectivity index (χ1v) is 4.99. The van der Waals surface area contributed by atoms with Gasteiger partial charge in [0.1, 0.15) is 0 Å². The number of hydrogen-bond donors (Lipinski definition) is 2. The van der Waals surface area contributed by atoms with E-state index >= 15 is 0 Å². The average Bonchev–Trinajstić information content (AvgIpc) is 2.83. The molecule has 0 amide bonds. The van der Waals surface area contributed by atoms with Gasteiger partial charge in [0.25, 0.3) is 0 Å². The molecule has 0 aliphatic carbocycles. The number of rotatable bonds is 1. The molecule has 15 heavy (non-hydrogen) atoms. The highest BCUT2D eigenvalue weighted by Gasteiger charge is 2.10. The SMILES string of the molecule is Clc1cn[nH]c1-c1c[nH]c2ccccc12. The first-order chi connectivity index (χ1) is 7.36. The van der Waals surface area contributed by atoms with Crippen LogP contribution in [0.4, 0.5) is 0 Å². The molecule has 0 saturated carbocycles. The lowest BCUT2D eigenvalue weighted by Gasteiger charge is -1.95. The number of aromatic nitrogens is 3. The number of aromatic amines is 2. The highest BCUT2D eigenvalue weighted by Crippen LogP contribution is 2.31. The summed E-state index contributed by atoms with van der Waals surface area (Å²) in [6, 6.07) is 8.09. The van der Waals surface area contributed by atoms with Gasteiger partial charge in [0.2, 0.25) is 0 Å². The summed E-state index contributed by atoms with van der Waals surface area (Å²) in [5.74, 6) is 0. The smallest absolute Gasteiger partial charge is 0.0863 e. The lowest BCUT2D eigenvalue weighted by Crippen LogP contribution is -1.76. The van der Waals surface area contributed by atoms with Crippen LogP contribution in [0.25, 0.3) is 22.2 Å². The average molecular weight is 218 g/mol. The largest absolute Gasteiger partial charge is 0.360 e. The molecule has 2 N–H and O–H groups in total. The zero-order valence-corrected chi connectivity index (χ0v) is 8.55. The van der Waals surface area contributed by atoms with E-state index in [1.165, 1.54) is 0 Å². The van der Waals surface area contributed by atoms with Crippen LogP contribution in [0.5, 0.6) is 0 Å². The first-order valence-electron chi connectivity index (χ1n) is 4.61. The normalized spacial score (nSPS) is 11.0. The Morgan fingerprint density at radius 2 is 2.07 bits per heavy atom. The van der Waals surface area contributed by atoms with Crippen molar-refractivity contribution in [2.45, 2.75) is 0 Å². The minimum absolute atomic E-state index is 0.639. The number of halogens is 1. The van der Waals surface area contributed by atoms with Gasteiger partial charge in [-0.15, -0.1) is 0 Å². The van der Waals surface area contributed by atoms with E-state index in [1.807, 2.05) is 24.4 Å². The molecule has 0 spiro atoms. The van der Waals surface area contributed by atoms with Crippen LogP contribution in [0, 0.1) is 0 Å². The lowest BCUT2D eigenvalue weighted by molar-refractivity contribution is 1.10. The van der Waals surface area contributed by atoms with Crippen LogP contribution in [0.3, 0.4) is 0 Å². The van der Waals surface area contributed by atoms with E-state index in [2.05, 4.69) is 21.2 Å². The molecule has 0 saturated heterocycles. The maximum atomic E-state index is 6.02. The van der Waals surface area contributed by atoms with E-state index in [1.54, 1.807) is 6.20 Å². The third-order valence-electron chi connectivity index (χ3n) is 2.45. The van der Waals surface area contributed by atoms with E-state index in [4.69, 9.17) is 11.6 Å². The van der Waals surface area contributed by atoms with Gasteiger partial charge in [-0.3, -0.25) is 5.10 Å². The second-order valence-electron chi connectivity index (χ2n) is 3.34. The van der Waals surface area contributed by atoms with E-state index in [0.717, 1.165) is 22.2 Å². The minimum atomic E-state index is 0.639. The fourth-order valence-electron chi connectivity index (χ4n) is 1.74. The van der Waals surface area contributed by atoms with Crippen LogP contribution in [0.15, 0.2) is 36.7 Å². The molecule has 0 aliphatic rings. The zero-order valence-electron chi connectivity index (χ0n) is 7.79. The second-order valence-corrected chi connectivity index (χ2v) is 3.75. The van der Waals surface area contributed by atoms with Crippen LogP contribution in [0.1, 0.15) is 0 Å². The van der Waals surface area contributed by atoms with Crippen LogP contribution in [0.2, 0.25) is 5.02 Å². The highest BCUT2D eigenvalue weighted by atomic mass is 35.5. The number of nitrogens with zero attached hydrogens (tertiary/aromatic N) is 1. The molecule has 0 bridgehead atoms. The van der Waals surface area contributed by atoms with Crippen LogP contribution < -0.4 is 0 Å². The molecule has 1 aromatic carbocycles. The predicted octanol–water partition coefficient (Wildman–Crippen LogP) is 3.21. The summed E-state index contributed by atoms with van der Waals surface area (Å²) in [4.78, 5) is 3.20. The van der Waals surface area contributed by atoms with Gasteiger partial charge >= 0.3 is 0 Å². The van der Waals surface area contributed by atoms with Crippen molar-refractivity contribution in [3.63, 3.8) is 0 Å². The summed E-state index contributed by atoms with van der Waals surface area (Å²) in [7, 11) is 0. The molecular weight excluding hydrogens is 210 g/mol. The van der Waals surface area contributed by atoms with Gasteiger partial charge in [-0.25, -0.2) is 0 Å². The summed E-state index contributed by atoms with van der Waals surface area (Å²) in [5.41, 5.74) is 3.00. The number of fused-ring (bicyclic) bond motifs is 1. The Hall–Kier alpha value is -1.74. The van der Waals surface area contributed by atoms with Crippen molar-refractivity contribution < 1.29 is 0 Å². The van der Waals surface area contributed by atoms with Gasteiger partial charge in [-0.2, -0.15) is 5.10 Å². The minimum Gasteiger partial charge on any atom is -0.360 e. The fraction of sp³-hybridized carbons (Fsp3) is 0. The maximum absolute atomic E-state index is 6.02. The molecule has 2 aromatic heterocycles. The molecular formula is C11H8ClN3. The Labute approximate surface area is 91.1 Å². The molecule has 0 atom stereocenters. The molecule has 2 heterocycles. The van der Waals surface area contributed by atoms with Gasteiger partial charge in [0, 0.05) is 22.7 Å². The lowest BCUT2D eigenvalue weighted by atomic mass is 10.1. The monoisotopic (exact) mass is 217 g/mol. The van der Waals surface area contributed by atoms with Crippen LogP contribution in [-0.4, -0.2) is 15.2 Å². The molecule has 0 fully saturated rings. The summed E-state index contributed by atoms with van der Waals surface area (Å²) < 4.78 is 0. The topological polar surface area (TPSA) is 44.5 Å². The molecule has 4 heteroatoms. The molecule has 3 aromatic rings. The molecule has 3 nitrogen and oxygen atoms in total. The van der Waals surface area contributed by atoms with E-state index in [-0.39, 0.29) is 0 Å². The summed E-state index contributed by atoms with van der Waals surface area (Å²) in [6.45, 7) is 0. The highest BCUT2D eigenvalue weighted by molar-refractivity contribution is 6.33. The van der Waals surface area contributed by atoms with Gasteiger partial charge < -0.3 is 4.98 Å². The third-order valence-corrected chi connectivity index (χ3v) is 2.74. The second kappa shape index (κ2) is 3.14. The summed E-state index contributed by atoms with van der Waals surface area (Å²) in [6.07, 6.45) is 3.54. The molecule has 3 rings (SSSR count). The Bertz CT molecular complexity index is 609. The quantitative estimate of drug-likeness (QED) is 0.646. The Morgan fingerprint density at radius 3 is 2.87 bits per heavy atom.